The molecule has 0 aromatic heterocycles. The highest BCUT2D eigenvalue weighted by molar-refractivity contribution is 6.18. The fraction of sp³-hybridized carbons (Fsp3) is 0.188. The van der Waals surface area contributed by atoms with Crippen molar-refractivity contribution >= 4 is 23.2 Å². The number of hydrogen-bond donors (Lipinski definition) is 1. The van der Waals surface area contributed by atoms with Crippen LogP contribution in [0.4, 0.5) is 5.69 Å². The zero-order valence-electron chi connectivity index (χ0n) is 11.0. The Kier molecular flexibility index (Phi) is 4.23. The molecule has 98 valence electrons. The van der Waals surface area contributed by atoms with E-state index in [2.05, 4.69) is 5.32 Å². The van der Waals surface area contributed by atoms with Crippen molar-refractivity contribution in [3.63, 3.8) is 0 Å². The smallest absolute Gasteiger partial charge is 0.255 e. The van der Waals surface area contributed by atoms with E-state index in [1.54, 1.807) is 6.07 Å². The van der Waals surface area contributed by atoms with Crippen LogP contribution in [0, 0.1) is 13.8 Å². The van der Waals surface area contributed by atoms with Crippen LogP contribution >= 0.6 is 11.6 Å². The first kappa shape index (κ1) is 13.6. The van der Waals surface area contributed by atoms with Crippen LogP contribution in [0.15, 0.2) is 42.5 Å². The minimum Gasteiger partial charge on any atom is -0.321 e. The van der Waals surface area contributed by atoms with Crippen molar-refractivity contribution in [1.82, 2.24) is 0 Å². The molecule has 0 radical (unpaired) electrons. The van der Waals surface area contributed by atoms with Crippen molar-refractivity contribution in [3.8, 4) is 0 Å². The largest absolute Gasteiger partial charge is 0.321 e. The summed E-state index contributed by atoms with van der Waals surface area (Å²) in [6.07, 6.45) is 0. The van der Waals surface area contributed by atoms with Crippen LogP contribution in [-0.4, -0.2) is 5.91 Å². The van der Waals surface area contributed by atoms with E-state index in [0.717, 1.165) is 22.4 Å². The molecule has 19 heavy (non-hydrogen) atoms. The summed E-state index contributed by atoms with van der Waals surface area (Å²) in [5.74, 6) is 0.213. The fourth-order valence-electron chi connectivity index (χ4n) is 2.05. The molecular weight excluding hydrogens is 258 g/mol. The lowest BCUT2D eigenvalue weighted by molar-refractivity contribution is 0.102. The van der Waals surface area contributed by atoms with E-state index in [1.165, 1.54) is 0 Å². The second-order valence-corrected chi connectivity index (χ2v) is 4.78. The predicted octanol–water partition coefficient (Wildman–Crippen LogP) is 4.29. The van der Waals surface area contributed by atoms with Crippen LogP contribution in [0.25, 0.3) is 0 Å². The van der Waals surface area contributed by atoms with Crippen molar-refractivity contribution in [2.24, 2.45) is 0 Å². The molecule has 0 aliphatic heterocycles. The Labute approximate surface area is 118 Å². The number of rotatable bonds is 3. The van der Waals surface area contributed by atoms with Gasteiger partial charge in [0.15, 0.2) is 0 Å². The average Bonchev–Trinajstić information content (AvgIpc) is 2.42. The summed E-state index contributed by atoms with van der Waals surface area (Å²) in [4.78, 5) is 12.3. The van der Waals surface area contributed by atoms with Gasteiger partial charge in [-0.2, -0.15) is 0 Å². The lowest BCUT2D eigenvalue weighted by Gasteiger charge is -2.12. The van der Waals surface area contributed by atoms with Gasteiger partial charge >= 0.3 is 0 Å². The number of alkyl halides is 1. The highest BCUT2D eigenvalue weighted by Gasteiger charge is 2.12. The molecule has 2 nitrogen and oxygen atoms in total. The van der Waals surface area contributed by atoms with E-state index in [9.17, 15) is 4.79 Å². The summed E-state index contributed by atoms with van der Waals surface area (Å²) >= 11 is 5.86. The summed E-state index contributed by atoms with van der Waals surface area (Å²) in [7, 11) is 0. The first-order valence-corrected chi connectivity index (χ1v) is 6.68. The maximum Gasteiger partial charge on any atom is 0.255 e. The molecule has 0 saturated heterocycles. The monoisotopic (exact) mass is 273 g/mol. The van der Waals surface area contributed by atoms with Gasteiger partial charge in [-0.15, -0.1) is 11.6 Å². The van der Waals surface area contributed by atoms with E-state index < -0.39 is 0 Å². The normalized spacial score (nSPS) is 10.3. The molecule has 2 rings (SSSR count). The Morgan fingerprint density at radius 3 is 2.32 bits per heavy atom. The van der Waals surface area contributed by atoms with E-state index in [0.29, 0.717) is 11.4 Å². The maximum atomic E-state index is 12.3. The Hall–Kier alpha value is -1.80. The predicted molar refractivity (Wildman–Crippen MR) is 79.9 cm³/mol. The van der Waals surface area contributed by atoms with Crippen molar-refractivity contribution in [2.75, 3.05) is 5.32 Å². The second kappa shape index (κ2) is 5.89. The first-order valence-electron chi connectivity index (χ1n) is 6.15. The summed E-state index contributed by atoms with van der Waals surface area (Å²) in [5, 5.41) is 2.97. The number of nitrogens with one attached hydrogen (secondary N) is 1. The van der Waals surface area contributed by atoms with E-state index >= 15 is 0 Å². The van der Waals surface area contributed by atoms with E-state index in [4.69, 9.17) is 11.6 Å². The van der Waals surface area contributed by atoms with E-state index in [1.807, 2.05) is 50.2 Å². The molecule has 3 heteroatoms. The SMILES string of the molecule is Cc1cccc(C)c1NC(=O)c1ccccc1CCl. The quantitative estimate of drug-likeness (QED) is 0.830. The van der Waals surface area contributed by atoms with Crippen LogP contribution in [0.3, 0.4) is 0 Å². The Balaban J connectivity index is 2.31. The molecular formula is C16H16ClNO. The summed E-state index contributed by atoms with van der Waals surface area (Å²) in [5.41, 5.74) is 4.44. The third-order valence-corrected chi connectivity index (χ3v) is 3.41. The molecule has 0 atom stereocenters. The molecule has 0 heterocycles. The number of carbonyl (C=O) groups excluding carboxylic acids is 1. The minimum atomic E-state index is -0.117. The Bertz CT molecular complexity index is 587. The maximum absolute atomic E-state index is 12.3. The van der Waals surface area contributed by atoms with Crippen LogP contribution in [0.5, 0.6) is 0 Å². The molecule has 2 aromatic carbocycles. The zero-order valence-corrected chi connectivity index (χ0v) is 11.8. The number of aryl methyl sites for hydroxylation is 2. The lowest BCUT2D eigenvalue weighted by Crippen LogP contribution is -2.15. The standard InChI is InChI=1S/C16H16ClNO/c1-11-6-5-7-12(2)15(11)18-16(19)14-9-4-3-8-13(14)10-17/h3-9H,10H2,1-2H3,(H,18,19). The zero-order chi connectivity index (χ0) is 13.8. The first-order chi connectivity index (χ1) is 9.13. The molecule has 0 aliphatic rings. The Morgan fingerprint density at radius 2 is 1.68 bits per heavy atom. The van der Waals surface area contributed by atoms with E-state index in [-0.39, 0.29) is 5.91 Å². The lowest BCUT2D eigenvalue weighted by atomic mass is 10.1. The van der Waals surface area contributed by atoms with Gasteiger partial charge in [0, 0.05) is 17.1 Å². The van der Waals surface area contributed by atoms with Gasteiger partial charge in [-0.3, -0.25) is 4.79 Å². The molecule has 0 bridgehead atoms. The summed E-state index contributed by atoms with van der Waals surface area (Å²) in [6.45, 7) is 3.96. The third kappa shape index (κ3) is 2.96. The van der Waals surface area contributed by atoms with Crippen LogP contribution < -0.4 is 5.32 Å². The molecule has 1 amide bonds. The molecule has 0 fully saturated rings. The van der Waals surface area contributed by atoms with Crippen LogP contribution in [0.2, 0.25) is 0 Å². The van der Waals surface area contributed by atoms with Crippen LogP contribution in [0.1, 0.15) is 27.0 Å². The number of halogens is 1. The highest BCUT2D eigenvalue weighted by atomic mass is 35.5. The molecule has 0 saturated carbocycles. The van der Waals surface area contributed by atoms with Crippen molar-refractivity contribution in [2.45, 2.75) is 19.7 Å². The summed E-state index contributed by atoms with van der Waals surface area (Å²) in [6, 6.07) is 13.3. The van der Waals surface area contributed by atoms with Gasteiger partial charge in [0.2, 0.25) is 0 Å². The molecule has 2 aromatic rings. The molecule has 0 unspecified atom stereocenters. The number of benzene rings is 2. The van der Waals surface area contributed by atoms with Gasteiger partial charge in [-0.1, -0.05) is 36.4 Å². The molecule has 1 N–H and O–H groups in total. The van der Waals surface area contributed by atoms with Gasteiger partial charge < -0.3 is 5.32 Å². The van der Waals surface area contributed by atoms with Gasteiger partial charge in [0.05, 0.1) is 0 Å². The number of hydrogen-bond acceptors (Lipinski definition) is 1. The van der Waals surface area contributed by atoms with Gasteiger partial charge in [0.25, 0.3) is 5.91 Å². The number of carbonyl (C=O) groups is 1. The molecule has 0 aliphatic carbocycles. The molecule has 0 spiro atoms. The topological polar surface area (TPSA) is 29.1 Å². The number of para-hydroxylation sites is 1. The second-order valence-electron chi connectivity index (χ2n) is 4.51. The van der Waals surface area contributed by atoms with Crippen molar-refractivity contribution in [1.29, 1.82) is 0 Å². The van der Waals surface area contributed by atoms with Gasteiger partial charge in [-0.25, -0.2) is 0 Å². The van der Waals surface area contributed by atoms with Gasteiger partial charge in [0.1, 0.15) is 0 Å². The van der Waals surface area contributed by atoms with Crippen LogP contribution in [-0.2, 0) is 5.88 Å². The van der Waals surface area contributed by atoms with Crippen molar-refractivity contribution < 1.29 is 4.79 Å². The third-order valence-electron chi connectivity index (χ3n) is 3.13. The van der Waals surface area contributed by atoms with Crippen molar-refractivity contribution in [3.05, 3.63) is 64.7 Å². The summed E-state index contributed by atoms with van der Waals surface area (Å²) < 4.78 is 0. The minimum absolute atomic E-state index is 0.117. The van der Waals surface area contributed by atoms with Gasteiger partial charge in [-0.05, 0) is 36.6 Å². The number of amides is 1. The fourth-order valence-corrected chi connectivity index (χ4v) is 2.28. The number of anilines is 1. The Morgan fingerprint density at radius 1 is 1.05 bits per heavy atom. The highest BCUT2D eigenvalue weighted by Crippen LogP contribution is 2.21. The average molecular weight is 274 g/mol.